The van der Waals surface area contributed by atoms with Crippen LogP contribution in [0.15, 0.2) is 48.8 Å². The van der Waals surface area contributed by atoms with Crippen LogP contribution in [0.1, 0.15) is 17.3 Å². The average molecular weight is 348 g/mol. The van der Waals surface area contributed by atoms with Gasteiger partial charge in [-0.3, -0.25) is 4.79 Å². The minimum Gasteiger partial charge on any atom is -0.394 e. The Hall–Kier alpha value is -2.44. The number of rotatable bonds is 5. The van der Waals surface area contributed by atoms with Gasteiger partial charge in [-0.15, -0.1) is 0 Å². The zero-order chi connectivity index (χ0) is 17.1. The fourth-order valence-electron chi connectivity index (χ4n) is 2.45. The van der Waals surface area contributed by atoms with Crippen molar-refractivity contribution in [2.24, 2.45) is 0 Å². The summed E-state index contributed by atoms with van der Waals surface area (Å²) in [4.78, 5) is 16.5. The van der Waals surface area contributed by atoms with Crippen LogP contribution in [0.2, 0.25) is 5.02 Å². The van der Waals surface area contributed by atoms with Crippen LogP contribution in [-0.4, -0.2) is 27.0 Å². The number of nitrogens with one attached hydrogen (secondary N) is 1. The number of fused-ring (bicyclic) bond motifs is 1. The maximum atomic E-state index is 13.5. The highest BCUT2D eigenvalue weighted by molar-refractivity contribution is 6.30. The predicted octanol–water partition coefficient (Wildman–Crippen LogP) is 2.52. The van der Waals surface area contributed by atoms with Crippen molar-refractivity contribution in [2.45, 2.75) is 12.5 Å². The smallest absolute Gasteiger partial charge is 0.226 e. The molecule has 24 heavy (non-hydrogen) atoms. The molecule has 3 aromatic rings. The number of amides is 1. The highest BCUT2D eigenvalue weighted by Gasteiger charge is 2.16. The van der Waals surface area contributed by atoms with Crippen LogP contribution in [0.4, 0.5) is 4.39 Å². The van der Waals surface area contributed by atoms with Crippen molar-refractivity contribution in [3.63, 3.8) is 0 Å². The van der Waals surface area contributed by atoms with E-state index in [0.717, 1.165) is 5.65 Å². The zero-order valence-corrected chi connectivity index (χ0v) is 13.4. The lowest BCUT2D eigenvalue weighted by atomic mass is 10.1. The molecule has 0 aliphatic heterocycles. The quantitative estimate of drug-likeness (QED) is 0.745. The Labute approximate surface area is 142 Å². The first-order valence-electron chi connectivity index (χ1n) is 7.34. The van der Waals surface area contributed by atoms with Crippen LogP contribution in [0, 0.1) is 5.82 Å². The minimum absolute atomic E-state index is 0.00790. The molecule has 0 radical (unpaired) electrons. The molecule has 0 saturated carbocycles. The standard InChI is InChI=1S/C17H15ClFN3O2/c18-13-5-4-11(7-14(13)19)15(10-23)21-17(24)8-12-9-22-6-2-1-3-16(22)20-12/h1-7,9,15,23H,8,10H2,(H,21,24). The van der Waals surface area contributed by atoms with Gasteiger partial charge in [-0.25, -0.2) is 9.37 Å². The second-order valence-corrected chi connectivity index (χ2v) is 5.76. The number of aliphatic hydroxyl groups excluding tert-OH is 1. The van der Waals surface area contributed by atoms with Gasteiger partial charge in [-0.05, 0) is 29.8 Å². The number of nitrogens with zero attached hydrogens (tertiary/aromatic N) is 2. The summed E-state index contributed by atoms with van der Waals surface area (Å²) in [7, 11) is 0. The van der Waals surface area contributed by atoms with Crippen molar-refractivity contribution in [1.29, 1.82) is 0 Å². The highest BCUT2D eigenvalue weighted by atomic mass is 35.5. The molecule has 0 bridgehead atoms. The van der Waals surface area contributed by atoms with Gasteiger partial charge in [0, 0.05) is 12.4 Å². The number of hydrogen-bond acceptors (Lipinski definition) is 3. The number of benzene rings is 1. The fourth-order valence-corrected chi connectivity index (χ4v) is 2.56. The van der Waals surface area contributed by atoms with Crippen molar-refractivity contribution in [3.8, 4) is 0 Å². The monoisotopic (exact) mass is 347 g/mol. The fraction of sp³-hybridized carbons (Fsp3) is 0.176. The van der Waals surface area contributed by atoms with Crippen molar-refractivity contribution in [2.75, 3.05) is 6.61 Å². The first kappa shape index (κ1) is 16.4. The molecule has 1 aromatic carbocycles. The Morgan fingerprint density at radius 1 is 1.38 bits per heavy atom. The van der Waals surface area contributed by atoms with Crippen molar-refractivity contribution in [3.05, 3.63) is 70.9 Å². The summed E-state index contributed by atoms with van der Waals surface area (Å²) in [6.45, 7) is -0.349. The van der Waals surface area contributed by atoms with Crippen LogP contribution in [-0.2, 0) is 11.2 Å². The lowest BCUT2D eigenvalue weighted by Crippen LogP contribution is -2.32. The summed E-state index contributed by atoms with van der Waals surface area (Å²) in [6, 6.07) is 9.03. The van der Waals surface area contributed by atoms with E-state index in [1.54, 1.807) is 12.3 Å². The molecular formula is C17H15ClFN3O2. The normalized spacial score (nSPS) is 12.3. The van der Waals surface area contributed by atoms with Crippen LogP contribution >= 0.6 is 11.6 Å². The number of carbonyl (C=O) groups is 1. The van der Waals surface area contributed by atoms with E-state index in [2.05, 4.69) is 10.3 Å². The van der Waals surface area contributed by atoms with Gasteiger partial charge < -0.3 is 14.8 Å². The summed E-state index contributed by atoms with van der Waals surface area (Å²) in [5, 5.41) is 12.1. The van der Waals surface area contributed by atoms with E-state index in [4.69, 9.17) is 11.6 Å². The lowest BCUT2D eigenvalue weighted by Gasteiger charge is -2.16. The summed E-state index contributed by atoms with van der Waals surface area (Å²) >= 11 is 5.64. The molecule has 2 N–H and O–H groups in total. The molecule has 5 nitrogen and oxygen atoms in total. The third kappa shape index (κ3) is 3.55. The lowest BCUT2D eigenvalue weighted by molar-refractivity contribution is -0.121. The van der Waals surface area contributed by atoms with Crippen molar-refractivity contribution < 1.29 is 14.3 Å². The van der Waals surface area contributed by atoms with Gasteiger partial charge in [0.15, 0.2) is 0 Å². The minimum atomic E-state index is -0.707. The van der Waals surface area contributed by atoms with Crippen LogP contribution in [0.5, 0.6) is 0 Å². The van der Waals surface area contributed by atoms with E-state index in [1.165, 1.54) is 12.1 Å². The molecule has 0 spiro atoms. The first-order valence-corrected chi connectivity index (χ1v) is 7.72. The molecule has 0 saturated heterocycles. The second kappa shape index (κ2) is 6.98. The molecule has 3 rings (SSSR count). The molecule has 1 atom stereocenters. The zero-order valence-electron chi connectivity index (χ0n) is 12.6. The SMILES string of the molecule is O=C(Cc1cn2ccccc2n1)NC(CO)c1ccc(Cl)c(F)c1. The number of hydrogen-bond donors (Lipinski definition) is 2. The van der Waals surface area contributed by atoms with Gasteiger partial charge in [-0.2, -0.15) is 0 Å². The Morgan fingerprint density at radius 3 is 2.92 bits per heavy atom. The van der Waals surface area contributed by atoms with E-state index in [-0.39, 0.29) is 24.0 Å². The Kier molecular flexibility index (Phi) is 4.78. The molecule has 2 aromatic heterocycles. The Morgan fingerprint density at radius 2 is 2.21 bits per heavy atom. The van der Waals surface area contributed by atoms with Gasteiger partial charge in [0.2, 0.25) is 5.91 Å². The molecule has 124 valence electrons. The Bertz CT molecular complexity index is 848. The highest BCUT2D eigenvalue weighted by Crippen LogP contribution is 2.20. The number of aromatic nitrogens is 2. The maximum absolute atomic E-state index is 13.5. The van der Waals surface area contributed by atoms with Gasteiger partial charge in [0.1, 0.15) is 11.5 Å². The van der Waals surface area contributed by atoms with Crippen LogP contribution in [0.3, 0.4) is 0 Å². The molecule has 0 aliphatic rings. The number of pyridine rings is 1. The number of aliphatic hydroxyl groups is 1. The van der Waals surface area contributed by atoms with E-state index in [9.17, 15) is 14.3 Å². The maximum Gasteiger partial charge on any atom is 0.226 e. The summed E-state index contributed by atoms with van der Waals surface area (Å²) in [5.41, 5.74) is 1.80. The largest absolute Gasteiger partial charge is 0.394 e. The summed E-state index contributed by atoms with van der Waals surface area (Å²) in [5.74, 6) is -0.907. The number of halogens is 2. The third-order valence-corrected chi connectivity index (χ3v) is 3.93. The molecular weight excluding hydrogens is 333 g/mol. The van der Waals surface area contributed by atoms with Crippen LogP contribution in [0.25, 0.3) is 5.65 Å². The molecule has 1 unspecified atom stereocenters. The Balaban J connectivity index is 1.71. The van der Waals surface area contributed by atoms with E-state index in [0.29, 0.717) is 11.3 Å². The third-order valence-electron chi connectivity index (χ3n) is 3.62. The molecule has 7 heteroatoms. The van der Waals surface area contributed by atoms with Gasteiger partial charge in [-0.1, -0.05) is 23.7 Å². The van der Waals surface area contributed by atoms with Gasteiger partial charge in [0.25, 0.3) is 0 Å². The second-order valence-electron chi connectivity index (χ2n) is 5.35. The van der Waals surface area contributed by atoms with E-state index < -0.39 is 11.9 Å². The summed E-state index contributed by atoms with van der Waals surface area (Å²) in [6.07, 6.45) is 3.68. The van der Waals surface area contributed by atoms with E-state index >= 15 is 0 Å². The number of carbonyl (C=O) groups excluding carboxylic acids is 1. The van der Waals surface area contributed by atoms with Crippen molar-refractivity contribution >= 4 is 23.2 Å². The van der Waals surface area contributed by atoms with Gasteiger partial charge in [0.05, 0.1) is 29.8 Å². The van der Waals surface area contributed by atoms with E-state index in [1.807, 2.05) is 28.8 Å². The van der Waals surface area contributed by atoms with Crippen LogP contribution < -0.4 is 5.32 Å². The topological polar surface area (TPSA) is 66.6 Å². The van der Waals surface area contributed by atoms with Gasteiger partial charge >= 0.3 is 0 Å². The average Bonchev–Trinajstić information content (AvgIpc) is 2.97. The molecule has 1 amide bonds. The molecule has 0 fully saturated rings. The van der Waals surface area contributed by atoms with Crippen molar-refractivity contribution in [1.82, 2.24) is 14.7 Å². The first-order chi connectivity index (χ1) is 11.6. The molecule has 2 heterocycles. The predicted molar refractivity (Wildman–Crippen MR) is 88.3 cm³/mol. The summed E-state index contributed by atoms with van der Waals surface area (Å²) < 4.78 is 15.4. The number of imidazole rings is 1. The molecule has 0 aliphatic carbocycles.